The molecule has 8 nitrogen and oxygen atoms in total. The summed E-state index contributed by atoms with van der Waals surface area (Å²) >= 11 is 0. The maximum Gasteiger partial charge on any atom is 0.332 e. The molecule has 8 heteroatoms. The van der Waals surface area contributed by atoms with Crippen LogP contribution in [0.15, 0.2) is 64.2 Å². The van der Waals surface area contributed by atoms with E-state index in [4.69, 9.17) is 9.72 Å². The molecule has 5 rings (SSSR count). The number of aromatic nitrogens is 4. The van der Waals surface area contributed by atoms with Gasteiger partial charge in [0.15, 0.2) is 11.2 Å². The van der Waals surface area contributed by atoms with Crippen LogP contribution < -0.4 is 20.9 Å². The minimum atomic E-state index is -0.368. The van der Waals surface area contributed by atoms with Gasteiger partial charge in [0, 0.05) is 25.8 Å². The topological polar surface area (TPSA) is 74.3 Å². The maximum atomic E-state index is 13.6. The maximum absolute atomic E-state index is 13.6. The molecular formula is C25H27N5O3. The molecule has 3 heterocycles. The van der Waals surface area contributed by atoms with E-state index < -0.39 is 0 Å². The number of aryl methyl sites for hydroxylation is 1. The first-order chi connectivity index (χ1) is 16.0. The lowest BCUT2D eigenvalue weighted by Crippen LogP contribution is -2.40. The fourth-order valence-electron chi connectivity index (χ4n) is 4.52. The number of hydrogen-bond donors (Lipinski definition) is 0. The zero-order valence-corrected chi connectivity index (χ0v) is 19.1. The first-order valence-electron chi connectivity index (χ1n) is 11.2. The zero-order chi connectivity index (χ0) is 23.1. The zero-order valence-electron chi connectivity index (χ0n) is 19.1. The molecule has 0 unspecified atom stereocenters. The lowest BCUT2D eigenvalue weighted by atomic mass is 10.1. The molecule has 0 saturated heterocycles. The third-order valence-corrected chi connectivity index (χ3v) is 6.09. The highest BCUT2D eigenvalue weighted by Crippen LogP contribution is 2.33. The Morgan fingerprint density at radius 1 is 1.03 bits per heavy atom. The van der Waals surface area contributed by atoms with Crippen LogP contribution in [0.3, 0.4) is 0 Å². The van der Waals surface area contributed by atoms with Crippen LogP contribution in [-0.2, 0) is 20.1 Å². The molecule has 0 N–H and O–H groups in total. The Morgan fingerprint density at radius 2 is 1.76 bits per heavy atom. The minimum Gasteiger partial charge on any atom is -0.494 e. The highest BCUT2D eigenvalue weighted by atomic mass is 16.5. The van der Waals surface area contributed by atoms with Gasteiger partial charge in [-0.05, 0) is 42.7 Å². The lowest BCUT2D eigenvalue weighted by molar-refractivity contribution is 0.340. The van der Waals surface area contributed by atoms with Gasteiger partial charge in [0.2, 0.25) is 5.95 Å². The summed E-state index contributed by atoms with van der Waals surface area (Å²) < 4.78 is 10.3. The molecule has 1 aliphatic rings. The van der Waals surface area contributed by atoms with E-state index >= 15 is 0 Å². The molecule has 0 bridgehead atoms. The van der Waals surface area contributed by atoms with Crippen molar-refractivity contribution in [3.8, 4) is 5.75 Å². The van der Waals surface area contributed by atoms with Crippen LogP contribution in [0.5, 0.6) is 5.75 Å². The van der Waals surface area contributed by atoms with Gasteiger partial charge in [-0.2, -0.15) is 4.98 Å². The van der Waals surface area contributed by atoms with Crippen LogP contribution in [0.4, 0.5) is 11.6 Å². The molecule has 0 aliphatic carbocycles. The number of fused-ring (bicyclic) bond motifs is 3. The Labute approximate surface area is 191 Å². The van der Waals surface area contributed by atoms with Crippen LogP contribution in [0.1, 0.15) is 19.4 Å². The summed E-state index contributed by atoms with van der Waals surface area (Å²) in [5, 5.41) is 0. The Bertz CT molecular complexity index is 1420. The van der Waals surface area contributed by atoms with Crippen LogP contribution in [0.2, 0.25) is 0 Å². The number of nitrogens with zero attached hydrogens (tertiary/aromatic N) is 5. The van der Waals surface area contributed by atoms with E-state index in [1.165, 1.54) is 9.13 Å². The molecule has 0 saturated carbocycles. The number of anilines is 2. The molecule has 0 amide bonds. The average molecular weight is 446 g/mol. The molecule has 1 aliphatic heterocycles. The van der Waals surface area contributed by atoms with Crippen molar-refractivity contribution in [1.29, 1.82) is 0 Å². The third kappa shape index (κ3) is 3.61. The van der Waals surface area contributed by atoms with Crippen molar-refractivity contribution >= 4 is 22.8 Å². The largest absolute Gasteiger partial charge is 0.494 e. The van der Waals surface area contributed by atoms with Gasteiger partial charge >= 0.3 is 5.69 Å². The summed E-state index contributed by atoms with van der Waals surface area (Å²) in [4.78, 5) is 33.5. The first kappa shape index (κ1) is 21.1. The third-order valence-electron chi connectivity index (χ3n) is 6.09. The molecular weight excluding hydrogens is 418 g/mol. The standard InChI is InChI=1S/C25H27N5O3/c1-4-33-20-12-10-19(11-13-20)28-14-17(2)15-29-21-22(26-24(28)29)27(3)25(32)30(23(21)31)16-18-8-6-5-7-9-18/h5-13,17H,4,14-16H2,1-3H3/t17-/m0/s1. The van der Waals surface area contributed by atoms with Crippen molar-refractivity contribution in [3.05, 3.63) is 81.0 Å². The molecule has 2 aromatic heterocycles. The molecule has 4 aromatic rings. The van der Waals surface area contributed by atoms with Gasteiger partial charge in [0.05, 0.1) is 13.2 Å². The monoisotopic (exact) mass is 445 g/mol. The predicted molar refractivity (Wildman–Crippen MR) is 129 cm³/mol. The lowest BCUT2D eigenvalue weighted by Gasteiger charge is -2.33. The van der Waals surface area contributed by atoms with Crippen molar-refractivity contribution in [2.24, 2.45) is 13.0 Å². The fraction of sp³-hybridized carbons (Fsp3) is 0.320. The van der Waals surface area contributed by atoms with Gasteiger partial charge in [0.1, 0.15) is 5.75 Å². The van der Waals surface area contributed by atoms with E-state index in [2.05, 4.69) is 11.8 Å². The summed E-state index contributed by atoms with van der Waals surface area (Å²) in [7, 11) is 1.68. The van der Waals surface area contributed by atoms with Crippen molar-refractivity contribution in [2.75, 3.05) is 18.1 Å². The summed E-state index contributed by atoms with van der Waals surface area (Å²) in [5.41, 5.74) is 2.07. The molecule has 2 aromatic carbocycles. The highest BCUT2D eigenvalue weighted by molar-refractivity contribution is 5.77. The molecule has 0 fully saturated rings. The average Bonchev–Trinajstić information content (AvgIpc) is 3.21. The Hall–Kier alpha value is -3.81. The molecule has 1 atom stereocenters. The SMILES string of the molecule is CCOc1ccc(N2C[C@H](C)Cn3c2nc2c3c(=O)n(Cc3ccccc3)c(=O)n2C)cc1. The summed E-state index contributed by atoms with van der Waals surface area (Å²) in [6, 6.07) is 17.4. The quantitative estimate of drug-likeness (QED) is 0.472. The molecule has 0 radical (unpaired) electrons. The van der Waals surface area contributed by atoms with Gasteiger partial charge < -0.3 is 14.2 Å². The van der Waals surface area contributed by atoms with Gasteiger partial charge in [-0.25, -0.2) is 4.79 Å². The van der Waals surface area contributed by atoms with E-state index in [-0.39, 0.29) is 17.8 Å². The van der Waals surface area contributed by atoms with Gasteiger partial charge in [-0.3, -0.25) is 13.9 Å². The van der Waals surface area contributed by atoms with Crippen molar-refractivity contribution in [3.63, 3.8) is 0 Å². The summed E-state index contributed by atoms with van der Waals surface area (Å²) in [6.07, 6.45) is 0. The molecule has 170 valence electrons. The van der Waals surface area contributed by atoms with Crippen molar-refractivity contribution in [2.45, 2.75) is 26.9 Å². The number of imidazole rings is 1. The summed E-state index contributed by atoms with van der Waals surface area (Å²) in [5.74, 6) is 1.78. The van der Waals surface area contributed by atoms with Gasteiger partial charge in [0.25, 0.3) is 5.56 Å². The second-order valence-electron chi connectivity index (χ2n) is 8.56. The predicted octanol–water partition coefficient (Wildman–Crippen LogP) is 3.13. The molecule has 0 spiro atoms. The van der Waals surface area contributed by atoms with Gasteiger partial charge in [-0.15, -0.1) is 0 Å². The van der Waals surface area contributed by atoms with Gasteiger partial charge in [-0.1, -0.05) is 37.3 Å². The van der Waals surface area contributed by atoms with E-state index in [0.717, 1.165) is 23.5 Å². The van der Waals surface area contributed by atoms with Crippen molar-refractivity contribution < 1.29 is 4.74 Å². The number of ether oxygens (including phenoxy) is 1. The number of benzene rings is 2. The van der Waals surface area contributed by atoms with E-state index in [1.807, 2.05) is 66.1 Å². The van der Waals surface area contributed by atoms with E-state index in [9.17, 15) is 9.59 Å². The minimum absolute atomic E-state index is 0.223. The second kappa shape index (κ2) is 8.27. The Kier molecular flexibility index (Phi) is 5.28. The summed E-state index contributed by atoms with van der Waals surface area (Å²) in [6.45, 7) is 6.37. The fourth-order valence-corrected chi connectivity index (χ4v) is 4.52. The van der Waals surface area contributed by atoms with Crippen LogP contribution in [0, 0.1) is 5.92 Å². The highest BCUT2D eigenvalue weighted by Gasteiger charge is 2.29. The van der Waals surface area contributed by atoms with Crippen LogP contribution in [-0.4, -0.2) is 31.8 Å². The normalized spacial score (nSPS) is 15.6. The van der Waals surface area contributed by atoms with Crippen LogP contribution >= 0.6 is 0 Å². The smallest absolute Gasteiger partial charge is 0.332 e. The molecule has 33 heavy (non-hydrogen) atoms. The van der Waals surface area contributed by atoms with Crippen LogP contribution in [0.25, 0.3) is 11.2 Å². The Balaban J connectivity index is 1.66. The van der Waals surface area contributed by atoms with Crippen molar-refractivity contribution in [1.82, 2.24) is 18.7 Å². The first-order valence-corrected chi connectivity index (χ1v) is 11.2. The second-order valence-corrected chi connectivity index (χ2v) is 8.56. The number of hydrogen-bond acceptors (Lipinski definition) is 5. The number of rotatable bonds is 5. The Morgan fingerprint density at radius 3 is 2.45 bits per heavy atom. The van der Waals surface area contributed by atoms with E-state index in [1.54, 1.807) is 7.05 Å². The van der Waals surface area contributed by atoms with E-state index in [0.29, 0.717) is 36.2 Å².